The highest BCUT2D eigenvalue weighted by Crippen LogP contribution is 2.46. The summed E-state index contributed by atoms with van der Waals surface area (Å²) in [5.41, 5.74) is 7.84. The van der Waals surface area contributed by atoms with Gasteiger partial charge in [0.2, 0.25) is 0 Å². The van der Waals surface area contributed by atoms with Crippen molar-refractivity contribution in [1.29, 1.82) is 5.26 Å². The van der Waals surface area contributed by atoms with Crippen molar-refractivity contribution in [2.45, 2.75) is 19.9 Å². The molecule has 3 rings (SSSR count). The fourth-order valence-electron chi connectivity index (χ4n) is 3.15. The Morgan fingerprint density at radius 3 is 2.68 bits per heavy atom. The van der Waals surface area contributed by atoms with Gasteiger partial charge in [-0.1, -0.05) is 6.07 Å². The maximum atomic E-state index is 12.8. The number of nitrogens with zero attached hydrogens (tertiary/aromatic N) is 3. The lowest BCUT2D eigenvalue weighted by atomic mass is 9.94. The number of aliphatic imine (C=N–C) groups is 1. The number of allylic oxidation sites excluding steroid dienone is 2. The van der Waals surface area contributed by atoms with Gasteiger partial charge in [0, 0.05) is 0 Å². The van der Waals surface area contributed by atoms with Gasteiger partial charge in [0.15, 0.2) is 16.7 Å². The molecule has 0 amide bonds. The second kappa shape index (κ2) is 7.86. The normalized spacial score (nSPS) is 18.5. The Morgan fingerprint density at radius 2 is 2.07 bits per heavy atom. The van der Waals surface area contributed by atoms with Crippen molar-refractivity contribution in [3.8, 4) is 17.6 Å². The molecule has 8 nitrogen and oxygen atoms in total. The predicted molar refractivity (Wildman–Crippen MR) is 105 cm³/mol. The Hall–Kier alpha value is -3.12. The van der Waals surface area contributed by atoms with Crippen LogP contribution in [-0.4, -0.2) is 36.9 Å². The molecule has 28 heavy (non-hydrogen) atoms. The van der Waals surface area contributed by atoms with Gasteiger partial charge < -0.3 is 19.9 Å². The average Bonchev–Trinajstić information content (AvgIpc) is 3.01. The minimum atomic E-state index is -0.607. The van der Waals surface area contributed by atoms with Crippen LogP contribution in [0.15, 0.2) is 45.2 Å². The van der Waals surface area contributed by atoms with Gasteiger partial charge in [-0.2, -0.15) is 5.26 Å². The Labute approximate surface area is 167 Å². The molecule has 1 unspecified atom stereocenters. The molecule has 0 radical (unpaired) electrons. The van der Waals surface area contributed by atoms with E-state index in [1.807, 2.05) is 6.07 Å². The number of hydrogen-bond donors (Lipinski definition) is 1. The van der Waals surface area contributed by atoms with Gasteiger partial charge >= 0.3 is 5.97 Å². The second-order valence-electron chi connectivity index (χ2n) is 5.93. The molecule has 2 N–H and O–H groups in total. The van der Waals surface area contributed by atoms with Gasteiger partial charge in [-0.3, -0.25) is 4.90 Å². The largest absolute Gasteiger partial charge is 0.493 e. The van der Waals surface area contributed by atoms with Crippen LogP contribution in [0, 0.1) is 11.3 Å². The quantitative estimate of drug-likeness (QED) is 0.751. The van der Waals surface area contributed by atoms with Gasteiger partial charge in [-0.05, 0) is 43.3 Å². The van der Waals surface area contributed by atoms with Crippen LogP contribution in [0.5, 0.6) is 11.5 Å². The van der Waals surface area contributed by atoms with Crippen LogP contribution >= 0.6 is 11.8 Å². The highest BCUT2D eigenvalue weighted by Gasteiger charge is 2.42. The van der Waals surface area contributed by atoms with Crippen molar-refractivity contribution in [2.75, 3.05) is 20.8 Å². The number of methoxy groups -OCH3 is 2. The zero-order chi connectivity index (χ0) is 20.4. The van der Waals surface area contributed by atoms with Crippen molar-refractivity contribution in [2.24, 2.45) is 10.7 Å². The van der Waals surface area contributed by atoms with Crippen molar-refractivity contribution in [3.05, 3.63) is 45.8 Å². The van der Waals surface area contributed by atoms with E-state index in [1.54, 1.807) is 38.0 Å². The number of carbonyl (C=O) groups is 1. The smallest absolute Gasteiger partial charge is 0.338 e. The molecule has 9 heteroatoms. The van der Waals surface area contributed by atoms with E-state index in [-0.39, 0.29) is 12.4 Å². The van der Waals surface area contributed by atoms with E-state index in [0.717, 1.165) is 5.56 Å². The zero-order valence-electron chi connectivity index (χ0n) is 16.0. The Bertz CT molecular complexity index is 961. The molecule has 1 aromatic carbocycles. The summed E-state index contributed by atoms with van der Waals surface area (Å²) in [4.78, 5) is 19.3. The summed E-state index contributed by atoms with van der Waals surface area (Å²) in [6.45, 7) is 3.71. The molecule has 0 aromatic heterocycles. The number of amidine groups is 1. The topological polar surface area (TPSA) is 110 Å². The minimum absolute atomic E-state index is 0.231. The van der Waals surface area contributed by atoms with Gasteiger partial charge in [-0.15, -0.1) is 0 Å². The fraction of sp³-hybridized carbons (Fsp3) is 0.316. The predicted octanol–water partition coefficient (Wildman–Crippen LogP) is 2.65. The third-order valence-corrected chi connectivity index (χ3v) is 5.37. The maximum absolute atomic E-state index is 12.8. The van der Waals surface area contributed by atoms with Crippen LogP contribution in [0.2, 0.25) is 0 Å². The molecule has 0 fully saturated rings. The van der Waals surface area contributed by atoms with Crippen LogP contribution in [0.1, 0.15) is 25.5 Å². The number of esters is 1. The Morgan fingerprint density at radius 1 is 1.36 bits per heavy atom. The number of rotatable bonds is 5. The van der Waals surface area contributed by atoms with Crippen LogP contribution in [0.4, 0.5) is 0 Å². The third-order valence-electron chi connectivity index (χ3n) is 4.40. The number of nitriles is 1. The van der Waals surface area contributed by atoms with E-state index in [9.17, 15) is 10.1 Å². The summed E-state index contributed by atoms with van der Waals surface area (Å²) in [5.74, 6) is 0.845. The van der Waals surface area contributed by atoms with E-state index < -0.39 is 12.0 Å². The Kier molecular flexibility index (Phi) is 5.51. The highest BCUT2D eigenvalue weighted by molar-refractivity contribution is 8.17. The highest BCUT2D eigenvalue weighted by atomic mass is 32.2. The van der Waals surface area contributed by atoms with Gasteiger partial charge in [0.25, 0.3) is 0 Å². The molecule has 2 aliphatic rings. The van der Waals surface area contributed by atoms with E-state index in [4.69, 9.17) is 19.9 Å². The molecular formula is C19H20N4O4S. The third kappa shape index (κ3) is 3.16. The lowest BCUT2D eigenvalue weighted by Crippen LogP contribution is -2.38. The fourth-order valence-corrected chi connectivity index (χ4v) is 4.06. The molecule has 0 saturated heterocycles. The number of thioether (sulfide) groups is 1. The van der Waals surface area contributed by atoms with Crippen molar-refractivity contribution in [1.82, 2.24) is 4.90 Å². The molecule has 2 heterocycles. The summed E-state index contributed by atoms with van der Waals surface area (Å²) < 4.78 is 16.0. The van der Waals surface area contributed by atoms with Crippen LogP contribution in [-0.2, 0) is 9.53 Å². The van der Waals surface area contributed by atoms with E-state index >= 15 is 0 Å². The summed E-state index contributed by atoms with van der Waals surface area (Å²) in [6, 6.07) is 6.83. The number of carbonyl (C=O) groups excluding carboxylic acids is 1. The summed E-state index contributed by atoms with van der Waals surface area (Å²) in [5, 5.41) is 9.92. The number of fused-ring (bicyclic) bond motifs is 1. The summed E-state index contributed by atoms with van der Waals surface area (Å²) in [7, 11) is 3.09. The minimum Gasteiger partial charge on any atom is -0.493 e. The number of nitrogens with two attached hydrogens (primary N) is 1. The lowest BCUT2D eigenvalue weighted by molar-refractivity contribution is -0.139. The first-order chi connectivity index (χ1) is 13.5. The number of hydrogen-bond acceptors (Lipinski definition) is 9. The van der Waals surface area contributed by atoms with Crippen LogP contribution in [0.3, 0.4) is 0 Å². The van der Waals surface area contributed by atoms with Crippen molar-refractivity contribution in [3.63, 3.8) is 0 Å². The first-order valence-corrected chi connectivity index (χ1v) is 9.33. The first-order valence-electron chi connectivity index (χ1n) is 8.52. The molecule has 1 aromatic rings. The molecule has 0 saturated carbocycles. The lowest BCUT2D eigenvalue weighted by Gasteiger charge is -2.35. The van der Waals surface area contributed by atoms with E-state index in [1.165, 1.54) is 18.9 Å². The second-order valence-corrected chi connectivity index (χ2v) is 6.91. The van der Waals surface area contributed by atoms with Crippen molar-refractivity contribution < 1.29 is 19.0 Å². The van der Waals surface area contributed by atoms with Crippen LogP contribution in [0.25, 0.3) is 0 Å². The number of benzene rings is 1. The van der Waals surface area contributed by atoms with Gasteiger partial charge in [0.1, 0.15) is 16.8 Å². The molecule has 2 aliphatic heterocycles. The standard InChI is InChI=1S/C19H20N4O4S/c1-5-27-18(24)15-10(2)22-19-23(17(21)14(9-20)28-19)16(15)11-6-7-12(25-3)13(8-11)26-4/h6-8,16H,5,21H2,1-4H3. The molecule has 0 spiro atoms. The molecule has 0 aliphatic carbocycles. The first kappa shape index (κ1) is 19.6. The molecule has 1 atom stereocenters. The average molecular weight is 400 g/mol. The van der Waals surface area contributed by atoms with E-state index in [0.29, 0.717) is 32.8 Å². The van der Waals surface area contributed by atoms with Gasteiger partial charge in [-0.25, -0.2) is 9.79 Å². The Balaban J connectivity index is 2.20. The summed E-state index contributed by atoms with van der Waals surface area (Å²) in [6.07, 6.45) is 0. The van der Waals surface area contributed by atoms with Crippen LogP contribution < -0.4 is 15.2 Å². The van der Waals surface area contributed by atoms with Gasteiger partial charge in [0.05, 0.1) is 38.1 Å². The molecule has 146 valence electrons. The molecular weight excluding hydrogens is 380 g/mol. The zero-order valence-corrected chi connectivity index (χ0v) is 16.8. The van der Waals surface area contributed by atoms with E-state index in [2.05, 4.69) is 11.1 Å². The SMILES string of the molecule is CCOC(=O)C1=C(C)N=C2SC(C#N)=C(N)N2C1c1ccc(OC)c(OC)c1. The molecule has 0 bridgehead atoms. The maximum Gasteiger partial charge on any atom is 0.338 e. The number of ether oxygens (including phenoxy) is 3. The van der Waals surface area contributed by atoms with Crippen molar-refractivity contribution >= 4 is 22.9 Å². The monoisotopic (exact) mass is 400 g/mol. The summed E-state index contributed by atoms with van der Waals surface area (Å²) >= 11 is 1.18.